The van der Waals surface area contributed by atoms with E-state index in [1.54, 1.807) is 9.80 Å². The van der Waals surface area contributed by atoms with Gasteiger partial charge in [-0.05, 0) is 49.7 Å². The maximum atomic E-state index is 14.2. The molecule has 2 atom stereocenters. The Morgan fingerprint density at radius 1 is 1.05 bits per heavy atom. The number of aromatic nitrogens is 1. The molecule has 1 saturated heterocycles. The van der Waals surface area contributed by atoms with Gasteiger partial charge in [-0.1, -0.05) is 70.1 Å². The zero-order chi connectivity index (χ0) is 29.9. The molecule has 0 bridgehead atoms. The highest BCUT2D eigenvalue weighted by atomic mass is 16.5. The molecular weight excluding hydrogens is 532 g/mol. The number of amides is 3. The Morgan fingerprint density at radius 3 is 2.52 bits per heavy atom. The molecule has 2 N–H and O–H groups in total. The number of likely N-dealkylation sites (tertiary alicyclic amines) is 1. The molecule has 9 nitrogen and oxygen atoms in total. The Balaban J connectivity index is 1.51. The number of benzene rings is 1. The first-order valence-electron chi connectivity index (χ1n) is 15.9. The first kappa shape index (κ1) is 31.6. The number of unbranched alkanes of at least 4 members (excludes halogenated alkanes) is 1. The van der Waals surface area contributed by atoms with Crippen molar-refractivity contribution in [1.82, 2.24) is 20.1 Å². The van der Waals surface area contributed by atoms with Crippen LogP contribution in [0.3, 0.4) is 0 Å². The minimum absolute atomic E-state index is 0.0935. The molecule has 42 heavy (non-hydrogen) atoms. The fourth-order valence-electron chi connectivity index (χ4n) is 6.55. The highest BCUT2D eigenvalue weighted by Crippen LogP contribution is 2.25. The number of para-hydroxylation sites is 1. The van der Waals surface area contributed by atoms with Crippen LogP contribution in [0.15, 0.2) is 30.5 Å². The minimum Gasteiger partial charge on any atom is -0.467 e. The van der Waals surface area contributed by atoms with Crippen LogP contribution in [0.1, 0.15) is 89.5 Å². The van der Waals surface area contributed by atoms with E-state index in [4.69, 9.17) is 4.74 Å². The molecule has 0 radical (unpaired) electrons. The number of fused-ring (bicyclic) bond motifs is 1. The van der Waals surface area contributed by atoms with Crippen molar-refractivity contribution < 1.29 is 23.9 Å². The molecule has 1 aromatic heterocycles. The predicted octanol–water partition coefficient (Wildman–Crippen LogP) is 4.74. The molecule has 230 valence electrons. The fourth-order valence-corrected chi connectivity index (χ4v) is 6.55. The Hall–Kier alpha value is -3.36. The number of nitrogens with zero attached hydrogens (tertiary/aromatic N) is 2. The van der Waals surface area contributed by atoms with E-state index in [1.807, 2.05) is 30.5 Å². The summed E-state index contributed by atoms with van der Waals surface area (Å²) >= 11 is 0. The second-order valence-corrected chi connectivity index (χ2v) is 12.0. The van der Waals surface area contributed by atoms with E-state index >= 15 is 0 Å². The summed E-state index contributed by atoms with van der Waals surface area (Å²) in [6.45, 7) is 2.93. The first-order valence-corrected chi connectivity index (χ1v) is 15.9. The third-order valence-corrected chi connectivity index (χ3v) is 8.89. The molecule has 2 aliphatic rings. The molecule has 3 amide bonds. The van der Waals surface area contributed by atoms with E-state index < -0.39 is 18.1 Å². The second kappa shape index (κ2) is 15.8. The van der Waals surface area contributed by atoms with Crippen molar-refractivity contribution in [2.24, 2.45) is 5.92 Å². The zero-order valence-corrected chi connectivity index (χ0v) is 25.4. The highest BCUT2D eigenvalue weighted by molar-refractivity contribution is 5.94. The lowest BCUT2D eigenvalue weighted by molar-refractivity contribution is -0.152. The normalized spacial score (nSPS) is 18.7. The van der Waals surface area contributed by atoms with Crippen LogP contribution in [0.2, 0.25) is 0 Å². The lowest BCUT2D eigenvalue weighted by Crippen LogP contribution is -2.54. The average molecular weight is 581 g/mol. The quantitative estimate of drug-likeness (QED) is 0.352. The van der Waals surface area contributed by atoms with Gasteiger partial charge in [-0.15, -0.1) is 0 Å². The van der Waals surface area contributed by atoms with Crippen LogP contribution in [0, 0.1) is 5.92 Å². The third-order valence-electron chi connectivity index (χ3n) is 8.89. The largest absolute Gasteiger partial charge is 0.467 e. The molecule has 1 aliphatic carbocycles. The number of esters is 1. The maximum absolute atomic E-state index is 14.2. The maximum Gasteiger partial charge on any atom is 0.328 e. The van der Waals surface area contributed by atoms with E-state index in [9.17, 15) is 19.2 Å². The molecule has 0 spiro atoms. The first-order chi connectivity index (χ1) is 20.4. The average Bonchev–Trinajstić information content (AvgIpc) is 3.63. The van der Waals surface area contributed by atoms with Crippen LogP contribution >= 0.6 is 0 Å². The number of nitrogens with one attached hydrogen (secondary N) is 2. The molecule has 0 unspecified atom stereocenters. The van der Waals surface area contributed by atoms with E-state index in [-0.39, 0.29) is 30.7 Å². The molecule has 2 heterocycles. The predicted molar refractivity (Wildman–Crippen MR) is 163 cm³/mol. The van der Waals surface area contributed by atoms with E-state index in [2.05, 4.69) is 17.2 Å². The standard InChI is InChI=1S/C33H48N4O5/c1-3-4-16-28(35-30(38)20-25-21-34-27-17-11-10-15-26(25)27)32(40)36(22-24-13-8-6-5-7-9-14-24)23-31(39)37-19-12-18-29(37)33(41)42-2/h10-11,15,17,21,24,28-29,34H,3-9,12-14,16,18-20,22-23H2,1-2H3,(H,35,38)/t28-,29-/m1/s1. The number of carbonyl (C=O) groups is 4. The molecule has 2 aromatic rings. The van der Waals surface area contributed by atoms with Crippen LogP contribution in [-0.2, 0) is 30.3 Å². The second-order valence-electron chi connectivity index (χ2n) is 12.0. The van der Waals surface area contributed by atoms with Gasteiger partial charge in [0.1, 0.15) is 12.1 Å². The van der Waals surface area contributed by atoms with Gasteiger partial charge >= 0.3 is 5.97 Å². The van der Waals surface area contributed by atoms with Gasteiger partial charge < -0.3 is 24.8 Å². The van der Waals surface area contributed by atoms with Crippen molar-refractivity contribution in [1.29, 1.82) is 0 Å². The van der Waals surface area contributed by atoms with Crippen LogP contribution in [0.25, 0.3) is 10.9 Å². The van der Waals surface area contributed by atoms with Crippen molar-refractivity contribution in [3.63, 3.8) is 0 Å². The summed E-state index contributed by atoms with van der Waals surface area (Å²) in [6.07, 6.45) is 13.4. The smallest absolute Gasteiger partial charge is 0.328 e. The van der Waals surface area contributed by atoms with Gasteiger partial charge in [-0.3, -0.25) is 14.4 Å². The fraction of sp³-hybridized carbons (Fsp3) is 0.636. The zero-order valence-electron chi connectivity index (χ0n) is 25.4. The van der Waals surface area contributed by atoms with Gasteiger partial charge in [0.25, 0.3) is 0 Å². The number of ether oxygens (including phenoxy) is 1. The summed E-state index contributed by atoms with van der Waals surface area (Å²) < 4.78 is 4.95. The molecule has 1 saturated carbocycles. The Bertz CT molecular complexity index is 1200. The van der Waals surface area contributed by atoms with E-state index in [0.717, 1.165) is 61.4 Å². The number of aromatic amines is 1. The molecule has 4 rings (SSSR count). The molecule has 9 heteroatoms. The van der Waals surface area contributed by atoms with Crippen molar-refractivity contribution >= 4 is 34.6 Å². The van der Waals surface area contributed by atoms with Crippen molar-refractivity contribution in [2.75, 3.05) is 26.7 Å². The SMILES string of the molecule is CCCC[C@@H](NC(=O)Cc1c[nH]c2ccccc12)C(=O)N(CC(=O)N1CCC[C@@H]1C(=O)OC)CC1CCCCCCC1. The number of hydrogen-bond acceptors (Lipinski definition) is 5. The lowest BCUT2D eigenvalue weighted by Gasteiger charge is -2.33. The van der Waals surface area contributed by atoms with Gasteiger partial charge in [-0.2, -0.15) is 0 Å². The van der Waals surface area contributed by atoms with Gasteiger partial charge in [0.15, 0.2) is 0 Å². The van der Waals surface area contributed by atoms with Crippen LogP contribution < -0.4 is 5.32 Å². The van der Waals surface area contributed by atoms with E-state index in [1.165, 1.54) is 26.4 Å². The lowest BCUT2D eigenvalue weighted by atomic mass is 9.90. The monoisotopic (exact) mass is 580 g/mol. The summed E-state index contributed by atoms with van der Waals surface area (Å²) in [6, 6.07) is 6.53. The van der Waals surface area contributed by atoms with Crippen molar-refractivity contribution in [2.45, 2.75) is 102 Å². The molecule has 1 aliphatic heterocycles. The molecular formula is C33H48N4O5. The summed E-state index contributed by atoms with van der Waals surface area (Å²) in [5.74, 6) is -0.756. The number of hydrogen-bond donors (Lipinski definition) is 2. The summed E-state index contributed by atoms with van der Waals surface area (Å²) in [5, 5.41) is 4.02. The minimum atomic E-state index is -0.709. The van der Waals surface area contributed by atoms with Crippen LogP contribution in [-0.4, -0.2) is 77.3 Å². The summed E-state index contributed by atoms with van der Waals surface area (Å²) in [5.41, 5.74) is 1.85. The topological polar surface area (TPSA) is 112 Å². The van der Waals surface area contributed by atoms with Crippen LogP contribution in [0.4, 0.5) is 0 Å². The third kappa shape index (κ3) is 8.35. The van der Waals surface area contributed by atoms with Gasteiger partial charge in [0.2, 0.25) is 17.7 Å². The summed E-state index contributed by atoms with van der Waals surface area (Å²) in [7, 11) is 1.34. The van der Waals surface area contributed by atoms with Gasteiger partial charge in [0, 0.05) is 30.2 Å². The number of carbonyl (C=O) groups excluding carboxylic acids is 4. The van der Waals surface area contributed by atoms with Crippen LogP contribution in [0.5, 0.6) is 0 Å². The van der Waals surface area contributed by atoms with Gasteiger partial charge in [0.05, 0.1) is 20.1 Å². The van der Waals surface area contributed by atoms with Crippen molar-refractivity contribution in [3.05, 3.63) is 36.0 Å². The highest BCUT2D eigenvalue weighted by Gasteiger charge is 2.37. The Morgan fingerprint density at radius 2 is 1.79 bits per heavy atom. The van der Waals surface area contributed by atoms with E-state index in [0.29, 0.717) is 31.8 Å². The number of H-pyrrole nitrogens is 1. The van der Waals surface area contributed by atoms with Crippen molar-refractivity contribution in [3.8, 4) is 0 Å². The molecule has 1 aromatic carbocycles. The molecule has 2 fully saturated rings. The Kier molecular flexibility index (Phi) is 11.8. The number of rotatable bonds is 12. The summed E-state index contributed by atoms with van der Waals surface area (Å²) in [4.78, 5) is 59.9. The number of methoxy groups -OCH3 is 1. The Labute approximate surface area is 249 Å². The van der Waals surface area contributed by atoms with Gasteiger partial charge in [-0.25, -0.2) is 4.79 Å².